The number of nitrogens with zero attached hydrogens (tertiary/aromatic N) is 2. The van der Waals surface area contributed by atoms with E-state index in [4.69, 9.17) is 4.74 Å². The lowest BCUT2D eigenvalue weighted by atomic mass is 9.97. The van der Waals surface area contributed by atoms with Crippen LogP contribution in [0.2, 0.25) is 0 Å². The molecule has 4 nitrogen and oxygen atoms in total. The monoisotopic (exact) mass is 254 g/mol. The van der Waals surface area contributed by atoms with Gasteiger partial charge in [0.25, 0.3) is 0 Å². The Morgan fingerprint density at radius 3 is 2.83 bits per heavy atom. The molecule has 0 radical (unpaired) electrons. The van der Waals surface area contributed by atoms with Gasteiger partial charge in [-0.2, -0.15) is 0 Å². The molecule has 0 aromatic rings. The highest BCUT2D eigenvalue weighted by Crippen LogP contribution is 2.23. The lowest BCUT2D eigenvalue weighted by Crippen LogP contribution is -2.59. The predicted octanol–water partition coefficient (Wildman–Crippen LogP) is 1.50. The number of carbonyl (C=O) groups is 1. The zero-order valence-corrected chi connectivity index (χ0v) is 11.9. The highest BCUT2D eigenvalue weighted by Gasteiger charge is 2.33. The van der Waals surface area contributed by atoms with Crippen LogP contribution in [0, 0.1) is 0 Å². The van der Waals surface area contributed by atoms with Gasteiger partial charge in [0, 0.05) is 25.2 Å². The maximum absolute atomic E-state index is 11.7. The van der Waals surface area contributed by atoms with E-state index in [2.05, 4.69) is 16.7 Å². The van der Waals surface area contributed by atoms with Crippen LogP contribution in [0.15, 0.2) is 0 Å². The second-order valence-electron chi connectivity index (χ2n) is 5.96. The summed E-state index contributed by atoms with van der Waals surface area (Å²) in [5, 5.41) is 0. The zero-order valence-electron chi connectivity index (χ0n) is 11.9. The number of fused-ring (bicyclic) bond motifs is 1. The normalized spacial score (nSPS) is 30.2. The molecule has 2 rings (SSSR count). The second-order valence-corrected chi connectivity index (χ2v) is 5.96. The summed E-state index contributed by atoms with van der Waals surface area (Å²) in [5.74, 6) is -0.0823. The molecular weight excluding hydrogens is 228 g/mol. The average Bonchev–Trinajstić information content (AvgIpc) is 2.29. The third kappa shape index (κ3) is 3.45. The Kier molecular flexibility index (Phi) is 4.62. The Morgan fingerprint density at radius 1 is 1.33 bits per heavy atom. The van der Waals surface area contributed by atoms with E-state index in [1.165, 1.54) is 25.8 Å². The van der Waals surface area contributed by atoms with Crippen molar-refractivity contribution >= 4 is 5.97 Å². The van der Waals surface area contributed by atoms with Crippen LogP contribution in [0.4, 0.5) is 0 Å². The summed E-state index contributed by atoms with van der Waals surface area (Å²) in [5.41, 5.74) is 0. The minimum Gasteiger partial charge on any atom is -0.462 e. The molecular formula is C14H26N2O2. The summed E-state index contributed by atoms with van der Waals surface area (Å²) in [6, 6.07) is 1.11. The molecule has 2 fully saturated rings. The fraction of sp³-hybridized carbons (Fsp3) is 0.929. The van der Waals surface area contributed by atoms with Gasteiger partial charge in [-0.05, 0) is 40.2 Å². The Balaban J connectivity index is 1.87. The van der Waals surface area contributed by atoms with Gasteiger partial charge in [0.15, 0.2) is 0 Å². The van der Waals surface area contributed by atoms with E-state index >= 15 is 0 Å². The number of esters is 1. The number of rotatable bonds is 3. The van der Waals surface area contributed by atoms with Crippen LogP contribution in [-0.4, -0.2) is 60.1 Å². The first-order valence-corrected chi connectivity index (χ1v) is 7.24. The van der Waals surface area contributed by atoms with Crippen LogP contribution >= 0.6 is 0 Å². The molecule has 4 heteroatoms. The van der Waals surface area contributed by atoms with Crippen molar-refractivity contribution in [2.45, 2.75) is 58.2 Å². The third-order valence-electron chi connectivity index (χ3n) is 4.02. The molecule has 2 aliphatic heterocycles. The van der Waals surface area contributed by atoms with Crippen LogP contribution in [-0.2, 0) is 9.53 Å². The van der Waals surface area contributed by atoms with E-state index in [9.17, 15) is 4.79 Å². The Labute approximate surface area is 110 Å². The highest BCUT2D eigenvalue weighted by atomic mass is 16.5. The van der Waals surface area contributed by atoms with E-state index in [0.717, 1.165) is 13.1 Å². The summed E-state index contributed by atoms with van der Waals surface area (Å²) in [7, 11) is 0. The van der Waals surface area contributed by atoms with Gasteiger partial charge in [-0.3, -0.25) is 14.6 Å². The van der Waals surface area contributed by atoms with E-state index in [1.807, 2.05) is 13.8 Å². The van der Waals surface area contributed by atoms with Crippen molar-refractivity contribution in [3.63, 3.8) is 0 Å². The molecule has 0 N–H and O–H groups in total. The maximum Gasteiger partial charge on any atom is 0.320 e. The summed E-state index contributed by atoms with van der Waals surface area (Å²) in [4.78, 5) is 16.6. The van der Waals surface area contributed by atoms with Gasteiger partial charge < -0.3 is 4.74 Å². The number of ether oxygens (including phenoxy) is 1. The number of hydrogen-bond donors (Lipinski definition) is 0. The minimum absolute atomic E-state index is 0.0104. The molecule has 2 unspecified atom stereocenters. The molecule has 0 saturated carbocycles. The summed E-state index contributed by atoms with van der Waals surface area (Å²) >= 11 is 0. The van der Waals surface area contributed by atoms with Gasteiger partial charge >= 0.3 is 5.97 Å². The van der Waals surface area contributed by atoms with Crippen molar-refractivity contribution in [2.75, 3.05) is 26.2 Å². The molecule has 0 spiro atoms. The summed E-state index contributed by atoms with van der Waals surface area (Å²) in [6.07, 6.45) is 3.93. The molecule has 0 bridgehead atoms. The van der Waals surface area contributed by atoms with Gasteiger partial charge in [0.2, 0.25) is 0 Å². The van der Waals surface area contributed by atoms with Crippen molar-refractivity contribution in [1.82, 2.24) is 9.80 Å². The molecule has 2 saturated heterocycles. The fourth-order valence-corrected chi connectivity index (χ4v) is 3.10. The maximum atomic E-state index is 11.7. The number of carbonyl (C=O) groups excluding carboxylic acids is 1. The lowest BCUT2D eigenvalue weighted by Gasteiger charge is -2.47. The quantitative estimate of drug-likeness (QED) is 0.715. The smallest absolute Gasteiger partial charge is 0.320 e. The fourth-order valence-electron chi connectivity index (χ4n) is 3.10. The first kappa shape index (κ1) is 13.8. The third-order valence-corrected chi connectivity index (χ3v) is 4.02. The van der Waals surface area contributed by atoms with Crippen LogP contribution < -0.4 is 0 Å². The molecule has 2 atom stereocenters. The lowest BCUT2D eigenvalue weighted by molar-refractivity contribution is -0.150. The molecule has 0 aromatic heterocycles. The van der Waals surface area contributed by atoms with Crippen LogP contribution in [0.1, 0.15) is 40.0 Å². The van der Waals surface area contributed by atoms with E-state index < -0.39 is 0 Å². The summed E-state index contributed by atoms with van der Waals surface area (Å²) < 4.78 is 5.24. The van der Waals surface area contributed by atoms with Crippen molar-refractivity contribution in [3.8, 4) is 0 Å². The topological polar surface area (TPSA) is 32.8 Å². The molecule has 0 aromatic carbocycles. The van der Waals surface area contributed by atoms with E-state index in [0.29, 0.717) is 18.6 Å². The molecule has 2 aliphatic rings. The Hall–Kier alpha value is -0.610. The molecule has 0 amide bonds. The van der Waals surface area contributed by atoms with Crippen molar-refractivity contribution in [3.05, 3.63) is 0 Å². The average molecular weight is 254 g/mol. The van der Waals surface area contributed by atoms with Crippen molar-refractivity contribution in [1.29, 1.82) is 0 Å². The largest absolute Gasteiger partial charge is 0.462 e. The Morgan fingerprint density at radius 2 is 2.11 bits per heavy atom. The van der Waals surface area contributed by atoms with Gasteiger partial charge in [0.1, 0.15) is 0 Å². The SMILES string of the molecule is CC(C)OC(=O)CN1CC2CCCCN2CC1C. The van der Waals surface area contributed by atoms with Crippen LogP contribution in [0.25, 0.3) is 0 Å². The molecule has 104 valence electrons. The zero-order chi connectivity index (χ0) is 13.1. The first-order chi connectivity index (χ1) is 8.56. The number of piperazine rings is 1. The number of hydrogen-bond acceptors (Lipinski definition) is 4. The molecule has 18 heavy (non-hydrogen) atoms. The van der Waals surface area contributed by atoms with Gasteiger partial charge in [-0.15, -0.1) is 0 Å². The van der Waals surface area contributed by atoms with E-state index in [-0.39, 0.29) is 12.1 Å². The van der Waals surface area contributed by atoms with Crippen molar-refractivity contribution < 1.29 is 9.53 Å². The van der Waals surface area contributed by atoms with Crippen LogP contribution in [0.5, 0.6) is 0 Å². The summed E-state index contributed by atoms with van der Waals surface area (Å²) in [6.45, 7) is 9.82. The second kappa shape index (κ2) is 6.02. The molecule has 2 heterocycles. The van der Waals surface area contributed by atoms with Crippen molar-refractivity contribution in [2.24, 2.45) is 0 Å². The van der Waals surface area contributed by atoms with E-state index in [1.54, 1.807) is 0 Å². The highest BCUT2D eigenvalue weighted by molar-refractivity contribution is 5.71. The van der Waals surface area contributed by atoms with Gasteiger partial charge in [-0.1, -0.05) is 6.42 Å². The molecule has 0 aliphatic carbocycles. The minimum atomic E-state index is -0.0823. The van der Waals surface area contributed by atoms with Gasteiger partial charge in [-0.25, -0.2) is 0 Å². The number of piperidine rings is 1. The van der Waals surface area contributed by atoms with Crippen LogP contribution in [0.3, 0.4) is 0 Å². The predicted molar refractivity (Wildman–Crippen MR) is 71.5 cm³/mol. The first-order valence-electron chi connectivity index (χ1n) is 7.24. The van der Waals surface area contributed by atoms with Gasteiger partial charge in [0.05, 0.1) is 12.6 Å². The Bertz CT molecular complexity index is 294. The standard InChI is InChI=1S/C14H26N2O2/c1-11(2)18-14(17)10-16-9-13-6-4-5-7-15(13)8-12(16)3/h11-13H,4-10H2,1-3H3.